The third kappa shape index (κ3) is 6.00. The van der Waals surface area contributed by atoms with Crippen LogP contribution in [0.4, 0.5) is 11.5 Å². The molecule has 1 aromatic heterocycles. The molecule has 0 radical (unpaired) electrons. The number of carbonyl (C=O) groups excluding carboxylic acids is 1. The Morgan fingerprint density at radius 3 is 2.69 bits per heavy atom. The number of nitrogens with zero attached hydrogens (tertiary/aromatic N) is 4. The maximum atomic E-state index is 11.9. The van der Waals surface area contributed by atoms with Crippen molar-refractivity contribution in [1.29, 1.82) is 0 Å². The molecule has 29 heavy (non-hydrogen) atoms. The number of rotatable bonds is 8. The van der Waals surface area contributed by atoms with Gasteiger partial charge in [-0.2, -0.15) is 4.98 Å². The van der Waals surface area contributed by atoms with E-state index in [2.05, 4.69) is 20.2 Å². The molecule has 3 rings (SSSR count). The van der Waals surface area contributed by atoms with Gasteiger partial charge in [0.15, 0.2) is 0 Å². The smallest absolute Gasteiger partial charge is 0.269 e. The third-order valence-electron chi connectivity index (χ3n) is 4.41. The standard InChI is InChI=1S/C20H23N5O4/c1-15-22-18(24-11-2-3-12-24)14-20(23-15)29-13-10-21-19(26)9-6-16-4-7-17(8-5-16)25(27)28/h4-9,14H,2-3,10-13H2,1H3,(H,21,26)/b9-6+. The van der Waals surface area contributed by atoms with E-state index in [4.69, 9.17) is 4.74 Å². The minimum atomic E-state index is -0.465. The van der Waals surface area contributed by atoms with Gasteiger partial charge in [0.05, 0.1) is 11.5 Å². The molecule has 0 unspecified atom stereocenters. The van der Waals surface area contributed by atoms with Gasteiger partial charge in [-0.3, -0.25) is 14.9 Å². The summed E-state index contributed by atoms with van der Waals surface area (Å²) in [4.78, 5) is 33.0. The summed E-state index contributed by atoms with van der Waals surface area (Å²) >= 11 is 0. The Morgan fingerprint density at radius 2 is 2.00 bits per heavy atom. The first kappa shape index (κ1) is 20.2. The van der Waals surface area contributed by atoms with Crippen LogP contribution in [-0.2, 0) is 4.79 Å². The summed E-state index contributed by atoms with van der Waals surface area (Å²) in [7, 11) is 0. The fourth-order valence-corrected chi connectivity index (χ4v) is 2.98. The largest absolute Gasteiger partial charge is 0.476 e. The topological polar surface area (TPSA) is 110 Å². The number of amides is 1. The van der Waals surface area contributed by atoms with Crippen LogP contribution in [0.25, 0.3) is 6.08 Å². The van der Waals surface area contributed by atoms with Crippen molar-refractivity contribution in [2.24, 2.45) is 0 Å². The quantitative estimate of drug-likeness (QED) is 0.315. The summed E-state index contributed by atoms with van der Waals surface area (Å²) in [6, 6.07) is 7.78. The number of carbonyl (C=O) groups is 1. The number of anilines is 1. The zero-order chi connectivity index (χ0) is 20.6. The summed E-state index contributed by atoms with van der Waals surface area (Å²) in [5.41, 5.74) is 0.713. The van der Waals surface area contributed by atoms with E-state index < -0.39 is 4.92 Å². The number of hydrogen-bond donors (Lipinski definition) is 1. The number of nitro groups is 1. The Morgan fingerprint density at radius 1 is 1.28 bits per heavy atom. The normalized spacial score (nSPS) is 13.6. The zero-order valence-corrected chi connectivity index (χ0v) is 16.2. The van der Waals surface area contributed by atoms with Crippen LogP contribution in [-0.4, -0.2) is 47.0 Å². The molecule has 0 spiro atoms. The molecule has 1 N–H and O–H groups in total. The molecule has 1 aliphatic heterocycles. The van der Waals surface area contributed by atoms with E-state index in [1.807, 2.05) is 13.0 Å². The predicted octanol–water partition coefficient (Wildman–Crippen LogP) is 2.50. The van der Waals surface area contributed by atoms with Gasteiger partial charge in [-0.25, -0.2) is 4.98 Å². The number of non-ortho nitro benzene ring substituents is 1. The first-order valence-corrected chi connectivity index (χ1v) is 9.45. The Bertz CT molecular complexity index is 892. The average molecular weight is 397 g/mol. The lowest BCUT2D eigenvalue weighted by Crippen LogP contribution is -2.26. The highest BCUT2D eigenvalue weighted by Crippen LogP contribution is 2.21. The van der Waals surface area contributed by atoms with Crippen LogP contribution in [0, 0.1) is 17.0 Å². The van der Waals surface area contributed by atoms with Crippen molar-refractivity contribution >= 4 is 23.5 Å². The summed E-state index contributed by atoms with van der Waals surface area (Å²) in [6.45, 7) is 4.43. The second kappa shape index (κ2) is 9.63. The number of aromatic nitrogens is 2. The van der Waals surface area contributed by atoms with E-state index in [-0.39, 0.29) is 18.2 Å². The van der Waals surface area contributed by atoms with Crippen molar-refractivity contribution in [1.82, 2.24) is 15.3 Å². The highest BCUT2D eigenvalue weighted by atomic mass is 16.6. The molecular formula is C20H23N5O4. The van der Waals surface area contributed by atoms with E-state index in [0.29, 0.717) is 23.8 Å². The van der Waals surface area contributed by atoms with Crippen molar-refractivity contribution in [3.8, 4) is 5.88 Å². The molecule has 0 saturated carbocycles. The molecule has 9 nitrogen and oxygen atoms in total. The number of nitrogens with one attached hydrogen (secondary N) is 1. The monoisotopic (exact) mass is 397 g/mol. The van der Waals surface area contributed by atoms with Gasteiger partial charge in [0, 0.05) is 37.4 Å². The van der Waals surface area contributed by atoms with Gasteiger partial charge in [-0.05, 0) is 43.5 Å². The Kier molecular flexibility index (Phi) is 6.72. The van der Waals surface area contributed by atoms with Crippen LogP contribution in [0.5, 0.6) is 5.88 Å². The van der Waals surface area contributed by atoms with Crippen molar-refractivity contribution in [3.63, 3.8) is 0 Å². The first-order chi connectivity index (χ1) is 14.0. The van der Waals surface area contributed by atoms with E-state index >= 15 is 0 Å². The van der Waals surface area contributed by atoms with Crippen molar-refractivity contribution < 1.29 is 14.5 Å². The van der Waals surface area contributed by atoms with Crippen LogP contribution < -0.4 is 15.0 Å². The lowest BCUT2D eigenvalue weighted by Gasteiger charge is -2.17. The van der Waals surface area contributed by atoms with E-state index in [1.165, 1.54) is 31.1 Å². The lowest BCUT2D eigenvalue weighted by molar-refractivity contribution is -0.384. The van der Waals surface area contributed by atoms with Gasteiger partial charge in [0.2, 0.25) is 11.8 Å². The number of benzene rings is 1. The number of hydrogen-bond acceptors (Lipinski definition) is 7. The number of aryl methyl sites for hydroxylation is 1. The molecule has 1 aromatic carbocycles. The molecule has 9 heteroatoms. The van der Waals surface area contributed by atoms with Crippen LogP contribution in [0.15, 0.2) is 36.4 Å². The molecule has 1 amide bonds. The second-order valence-corrected chi connectivity index (χ2v) is 6.63. The van der Waals surface area contributed by atoms with Gasteiger partial charge >= 0.3 is 0 Å². The van der Waals surface area contributed by atoms with Gasteiger partial charge in [0.25, 0.3) is 5.69 Å². The molecule has 0 bridgehead atoms. The Hall–Kier alpha value is -3.49. The lowest BCUT2D eigenvalue weighted by atomic mass is 10.2. The van der Waals surface area contributed by atoms with Gasteiger partial charge in [-0.1, -0.05) is 0 Å². The highest BCUT2D eigenvalue weighted by molar-refractivity contribution is 5.91. The fourth-order valence-electron chi connectivity index (χ4n) is 2.98. The Labute approximate surface area is 168 Å². The summed E-state index contributed by atoms with van der Waals surface area (Å²) in [5, 5.41) is 13.4. The van der Waals surface area contributed by atoms with Crippen LogP contribution in [0.1, 0.15) is 24.2 Å². The average Bonchev–Trinajstić information content (AvgIpc) is 3.24. The van der Waals surface area contributed by atoms with Gasteiger partial charge < -0.3 is 15.0 Å². The van der Waals surface area contributed by atoms with E-state index in [1.54, 1.807) is 18.2 Å². The Balaban J connectivity index is 1.44. The molecule has 1 fully saturated rings. The van der Waals surface area contributed by atoms with Crippen LogP contribution >= 0.6 is 0 Å². The van der Waals surface area contributed by atoms with Gasteiger partial charge in [-0.15, -0.1) is 0 Å². The minimum Gasteiger partial charge on any atom is -0.476 e. The number of nitro benzene ring substituents is 1. The molecule has 152 valence electrons. The molecule has 2 aromatic rings. The molecule has 0 aliphatic carbocycles. The number of ether oxygens (including phenoxy) is 1. The summed E-state index contributed by atoms with van der Waals surface area (Å²) < 4.78 is 5.66. The minimum absolute atomic E-state index is 0.0107. The van der Waals surface area contributed by atoms with Crippen molar-refractivity contribution in [2.45, 2.75) is 19.8 Å². The first-order valence-electron chi connectivity index (χ1n) is 9.45. The molecule has 1 aliphatic rings. The maximum absolute atomic E-state index is 11.9. The molecular weight excluding hydrogens is 374 g/mol. The van der Waals surface area contributed by atoms with Crippen molar-refractivity contribution in [3.05, 3.63) is 57.9 Å². The van der Waals surface area contributed by atoms with Crippen LogP contribution in [0.3, 0.4) is 0 Å². The molecule has 1 saturated heterocycles. The van der Waals surface area contributed by atoms with E-state index in [0.717, 1.165) is 18.9 Å². The fraction of sp³-hybridized carbons (Fsp3) is 0.350. The SMILES string of the molecule is Cc1nc(OCCNC(=O)/C=C/c2ccc([N+](=O)[O-])cc2)cc(N2CCCC2)n1. The summed E-state index contributed by atoms with van der Waals surface area (Å²) in [6.07, 6.45) is 5.30. The van der Waals surface area contributed by atoms with Crippen LogP contribution in [0.2, 0.25) is 0 Å². The molecule has 2 heterocycles. The highest BCUT2D eigenvalue weighted by Gasteiger charge is 2.15. The summed E-state index contributed by atoms with van der Waals surface area (Å²) in [5.74, 6) is 1.75. The second-order valence-electron chi connectivity index (χ2n) is 6.63. The van der Waals surface area contributed by atoms with Gasteiger partial charge in [0.1, 0.15) is 18.2 Å². The predicted molar refractivity (Wildman–Crippen MR) is 109 cm³/mol. The maximum Gasteiger partial charge on any atom is 0.269 e. The van der Waals surface area contributed by atoms with E-state index in [9.17, 15) is 14.9 Å². The zero-order valence-electron chi connectivity index (χ0n) is 16.2. The third-order valence-corrected chi connectivity index (χ3v) is 4.41. The van der Waals surface area contributed by atoms with Crippen molar-refractivity contribution in [2.75, 3.05) is 31.1 Å². The molecule has 0 atom stereocenters.